The molecule has 0 radical (unpaired) electrons. The largest absolute Gasteiger partial charge is 0.462 e. The highest BCUT2D eigenvalue weighted by molar-refractivity contribution is 6.47. The molecule has 2 atom stereocenters. The van der Waals surface area contributed by atoms with Crippen molar-refractivity contribution in [3.05, 3.63) is 53.4 Å². The van der Waals surface area contributed by atoms with Crippen molar-refractivity contribution in [1.29, 1.82) is 0 Å². The molecule has 262 valence electrons. The van der Waals surface area contributed by atoms with E-state index in [0.717, 1.165) is 50.7 Å². The van der Waals surface area contributed by atoms with Gasteiger partial charge in [-0.3, -0.25) is 0 Å². The van der Waals surface area contributed by atoms with E-state index in [1.807, 2.05) is 0 Å². The first kappa shape index (κ1) is 38.9. The van der Waals surface area contributed by atoms with Crippen LogP contribution in [0.5, 0.6) is 11.5 Å². The summed E-state index contributed by atoms with van der Waals surface area (Å²) in [6, 6.07) is 2.26. The Morgan fingerprint density at radius 1 is 0.625 bits per heavy atom. The molecular formula is C34H36Cl6O8. The van der Waals surface area contributed by atoms with Crippen LogP contribution in [0.15, 0.2) is 12.1 Å². The summed E-state index contributed by atoms with van der Waals surface area (Å²) in [4.78, 5) is 52.3. The summed E-state index contributed by atoms with van der Waals surface area (Å²) in [5, 5.41) is -1.47. The summed E-state index contributed by atoms with van der Waals surface area (Å²) in [6.45, 7) is 8.69. The number of hydrogen-bond donors (Lipinski definition) is 0. The molecule has 0 heterocycles. The molecular weight excluding hydrogens is 749 g/mol. The molecule has 0 N–H and O–H groups in total. The van der Waals surface area contributed by atoms with Crippen molar-refractivity contribution in [1.82, 2.24) is 0 Å². The molecule has 0 spiro atoms. The van der Waals surface area contributed by atoms with Gasteiger partial charge in [0.25, 0.3) is 0 Å². The summed E-state index contributed by atoms with van der Waals surface area (Å²) >= 11 is 37.5. The molecule has 2 aromatic rings. The van der Waals surface area contributed by atoms with E-state index in [-0.39, 0.29) is 54.2 Å². The lowest BCUT2D eigenvalue weighted by atomic mass is 9.62. The second-order valence-electron chi connectivity index (χ2n) is 13.2. The lowest BCUT2D eigenvalue weighted by molar-refractivity contribution is -0.156. The van der Waals surface area contributed by atoms with Crippen LogP contribution in [0.4, 0.5) is 0 Å². The van der Waals surface area contributed by atoms with Crippen molar-refractivity contribution < 1.29 is 38.1 Å². The van der Waals surface area contributed by atoms with Crippen molar-refractivity contribution >= 4 is 93.5 Å². The minimum absolute atomic E-state index is 0.0540. The number of hydrogen-bond acceptors (Lipinski definition) is 8. The van der Waals surface area contributed by atoms with Crippen LogP contribution < -0.4 is 9.47 Å². The maximum atomic E-state index is 13.2. The van der Waals surface area contributed by atoms with Gasteiger partial charge in [0, 0.05) is 0 Å². The van der Waals surface area contributed by atoms with Crippen LogP contribution >= 0.6 is 69.6 Å². The highest BCUT2D eigenvalue weighted by Gasteiger charge is 2.38. The lowest BCUT2D eigenvalue weighted by Gasteiger charge is -2.43. The van der Waals surface area contributed by atoms with Crippen molar-refractivity contribution in [3.63, 3.8) is 0 Å². The predicted octanol–water partition coefficient (Wildman–Crippen LogP) is 10.9. The highest BCUT2D eigenvalue weighted by Crippen LogP contribution is 2.49. The monoisotopic (exact) mass is 782 g/mol. The van der Waals surface area contributed by atoms with Crippen molar-refractivity contribution in [3.8, 4) is 11.5 Å². The fraction of sp³-hybridized carbons (Fsp3) is 0.529. The van der Waals surface area contributed by atoms with Gasteiger partial charge in [0.2, 0.25) is 0 Å². The fourth-order valence-corrected chi connectivity index (χ4v) is 7.38. The fourth-order valence-electron chi connectivity index (χ4n) is 5.94. The van der Waals surface area contributed by atoms with E-state index in [1.54, 1.807) is 0 Å². The van der Waals surface area contributed by atoms with Gasteiger partial charge in [-0.05, 0) is 73.3 Å². The minimum atomic E-state index is -1.64. The highest BCUT2D eigenvalue weighted by atomic mass is 35.5. The Balaban J connectivity index is 1.48. The molecule has 14 heteroatoms. The van der Waals surface area contributed by atoms with Gasteiger partial charge >= 0.3 is 23.9 Å². The van der Waals surface area contributed by atoms with Gasteiger partial charge in [-0.2, -0.15) is 0 Å². The number of carbonyl (C=O) groups is 4. The maximum Gasteiger partial charge on any atom is 0.423 e. The molecule has 2 saturated carbocycles. The van der Waals surface area contributed by atoms with Gasteiger partial charge in [-0.1, -0.05) is 110 Å². The molecule has 4 rings (SSSR count). The zero-order valence-corrected chi connectivity index (χ0v) is 31.4. The molecule has 0 amide bonds. The SMILES string of the molecule is CC(CCOC(=O)c1c(Cl)c(Cl)cc(Cl)c1OC(=O)C(=O)Oc1c(Cl)cc(Cl)c(Cl)c1C(=O)OCCC(C)C1(C)CCC1)C1(C)CCC1. The van der Waals surface area contributed by atoms with Gasteiger partial charge in [0.15, 0.2) is 11.5 Å². The van der Waals surface area contributed by atoms with E-state index in [9.17, 15) is 19.2 Å². The van der Waals surface area contributed by atoms with Gasteiger partial charge in [0.05, 0.1) is 43.3 Å². The second-order valence-corrected chi connectivity index (χ2v) is 15.5. The van der Waals surface area contributed by atoms with E-state index in [4.69, 9.17) is 88.6 Å². The quantitative estimate of drug-likeness (QED) is 0.0907. The van der Waals surface area contributed by atoms with Crippen molar-refractivity contribution in [2.24, 2.45) is 22.7 Å². The van der Waals surface area contributed by atoms with E-state index < -0.39 is 46.5 Å². The Morgan fingerprint density at radius 2 is 0.958 bits per heavy atom. The van der Waals surface area contributed by atoms with Crippen molar-refractivity contribution in [2.75, 3.05) is 13.2 Å². The number of carbonyl (C=O) groups excluding carboxylic acids is 4. The predicted molar refractivity (Wildman–Crippen MR) is 186 cm³/mol. The third-order valence-corrected chi connectivity index (χ3v) is 12.3. The summed E-state index contributed by atoms with van der Waals surface area (Å²) in [5.74, 6) is -5.79. The number of esters is 4. The van der Waals surface area contributed by atoms with E-state index in [2.05, 4.69) is 27.7 Å². The molecule has 48 heavy (non-hydrogen) atoms. The molecule has 8 nitrogen and oxygen atoms in total. The Morgan fingerprint density at radius 3 is 1.25 bits per heavy atom. The zero-order valence-electron chi connectivity index (χ0n) is 26.9. The molecule has 2 aliphatic rings. The van der Waals surface area contributed by atoms with Crippen LogP contribution in [0, 0.1) is 22.7 Å². The molecule has 0 bridgehead atoms. The number of rotatable bonds is 12. The molecule has 0 saturated heterocycles. The van der Waals surface area contributed by atoms with Gasteiger partial charge in [-0.25, -0.2) is 19.2 Å². The van der Waals surface area contributed by atoms with Crippen LogP contribution in [0.1, 0.15) is 99.8 Å². The van der Waals surface area contributed by atoms with Gasteiger partial charge in [0.1, 0.15) is 11.1 Å². The third kappa shape index (κ3) is 8.50. The summed E-state index contributed by atoms with van der Waals surface area (Å²) < 4.78 is 21.3. The average Bonchev–Trinajstić information content (AvgIpc) is 2.99. The van der Waals surface area contributed by atoms with Crippen LogP contribution in [0.2, 0.25) is 30.1 Å². The second kappa shape index (κ2) is 15.9. The standard InChI is InChI=1S/C34H36Cl6O8/c1-17(33(3)9-5-10-33)7-13-45-29(41)23-25(39)19(35)15-21(37)27(23)47-31(43)32(44)48-28-22(38)16-20(36)26(40)24(28)30(42)46-14-8-18(2)34(4)11-6-12-34/h15-18H,5-14H2,1-4H3. The van der Waals surface area contributed by atoms with Crippen LogP contribution in [0.25, 0.3) is 0 Å². The number of ether oxygens (including phenoxy) is 4. The van der Waals surface area contributed by atoms with Crippen LogP contribution in [0.3, 0.4) is 0 Å². The van der Waals surface area contributed by atoms with E-state index in [1.165, 1.54) is 0 Å². The molecule has 0 aliphatic heterocycles. The van der Waals surface area contributed by atoms with Crippen LogP contribution in [-0.4, -0.2) is 37.1 Å². The summed E-state index contributed by atoms with van der Waals surface area (Å²) in [7, 11) is 0. The molecule has 2 unspecified atom stereocenters. The first-order valence-corrected chi connectivity index (χ1v) is 17.9. The van der Waals surface area contributed by atoms with Gasteiger partial charge < -0.3 is 18.9 Å². The minimum Gasteiger partial charge on any atom is -0.462 e. The molecule has 2 aromatic carbocycles. The van der Waals surface area contributed by atoms with E-state index in [0.29, 0.717) is 24.7 Å². The average molecular weight is 785 g/mol. The molecule has 0 aromatic heterocycles. The van der Waals surface area contributed by atoms with Crippen LogP contribution in [-0.2, 0) is 19.1 Å². The number of halogens is 6. The third-order valence-electron chi connectivity index (χ3n) is 10.2. The first-order chi connectivity index (χ1) is 22.5. The lowest BCUT2D eigenvalue weighted by Crippen LogP contribution is -2.33. The smallest absolute Gasteiger partial charge is 0.423 e. The van der Waals surface area contributed by atoms with Crippen molar-refractivity contribution in [2.45, 2.75) is 79.1 Å². The number of benzene rings is 2. The Bertz CT molecular complexity index is 1480. The van der Waals surface area contributed by atoms with E-state index >= 15 is 0 Å². The topological polar surface area (TPSA) is 105 Å². The molecule has 2 fully saturated rings. The normalized spacial score (nSPS) is 17.3. The zero-order chi connectivity index (χ0) is 35.6. The Kier molecular flexibility index (Phi) is 12.9. The Hall–Kier alpha value is -1.94. The first-order valence-electron chi connectivity index (χ1n) is 15.6. The van der Waals surface area contributed by atoms with Gasteiger partial charge in [-0.15, -0.1) is 0 Å². The maximum absolute atomic E-state index is 13.2. The summed E-state index contributed by atoms with van der Waals surface area (Å²) in [5.41, 5.74) is -0.547. The molecule has 2 aliphatic carbocycles. The Labute approximate surface area is 309 Å². The summed E-state index contributed by atoms with van der Waals surface area (Å²) in [6.07, 6.45) is 7.90.